The van der Waals surface area contributed by atoms with Gasteiger partial charge in [0.25, 0.3) is 0 Å². The SMILES string of the molecule is CCCCCCCCCNC(=O)OCC. The molecule has 15 heavy (non-hydrogen) atoms. The fourth-order valence-electron chi connectivity index (χ4n) is 1.45. The minimum Gasteiger partial charge on any atom is -0.450 e. The van der Waals surface area contributed by atoms with Gasteiger partial charge in [-0.15, -0.1) is 0 Å². The second-order valence-corrected chi connectivity index (χ2v) is 3.77. The highest BCUT2D eigenvalue weighted by Crippen LogP contribution is 2.06. The number of nitrogens with one attached hydrogen (secondary N) is 1. The maximum Gasteiger partial charge on any atom is 0.407 e. The molecule has 1 amide bonds. The summed E-state index contributed by atoms with van der Waals surface area (Å²) < 4.78 is 4.75. The summed E-state index contributed by atoms with van der Waals surface area (Å²) in [5.41, 5.74) is 0. The van der Waals surface area contributed by atoms with Crippen LogP contribution >= 0.6 is 0 Å². The van der Waals surface area contributed by atoms with E-state index in [9.17, 15) is 4.79 Å². The fourth-order valence-corrected chi connectivity index (χ4v) is 1.45. The third-order valence-corrected chi connectivity index (χ3v) is 2.33. The van der Waals surface area contributed by atoms with Gasteiger partial charge in [0.1, 0.15) is 0 Å². The first-order valence-corrected chi connectivity index (χ1v) is 6.21. The summed E-state index contributed by atoms with van der Waals surface area (Å²) in [5.74, 6) is 0. The Bertz CT molecular complexity index is 149. The highest BCUT2D eigenvalue weighted by atomic mass is 16.5. The molecule has 0 bridgehead atoms. The van der Waals surface area contributed by atoms with Gasteiger partial charge in [-0.2, -0.15) is 0 Å². The van der Waals surface area contributed by atoms with Crippen LogP contribution in [-0.2, 0) is 4.74 Å². The lowest BCUT2D eigenvalue weighted by Crippen LogP contribution is -2.25. The van der Waals surface area contributed by atoms with Crippen LogP contribution in [0.15, 0.2) is 0 Å². The molecule has 90 valence electrons. The number of unbranched alkanes of at least 4 members (excludes halogenated alkanes) is 6. The van der Waals surface area contributed by atoms with Crippen molar-refractivity contribution < 1.29 is 9.53 Å². The smallest absolute Gasteiger partial charge is 0.407 e. The minimum absolute atomic E-state index is 0.288. The van der Waals surface area contributed by atoms with Crippen LogP contribution in [0.2, 0.25) is 0 Å². The molecule has 0 rings (SSSR count). The average Bonchev–Trinajstić information content (AvgIpc) is 2.22. The van der Waals surface area contributed by atoms with Gasteiger partial charge in [0.2, 0.25) is 0 Å². The molecule has 0 saturated heterocycles. The monoisotopic (exact) mass is 215 g/mol. The van der Waals surface area contributed by atoms with Gasteiger partial charge in [0.15, 0.2) is 0 Å². The van der Waals surface area contributed by atoms with Crippen molar-refractivity contribution in [1.29, 1.82) is 0 Å². The summed E-state index contributed by atoms with van der Waals surface area (Å²) in [6.45, 7) is 5.23. The summed E-state index contributed by atoms with van der Waals surface area (Å²) >= 11 is 0. The molecule has 0 atom stereocenters. The van der Waals surface area contributed by atoms with Gasteiger partial charge in [0, 0.05) is 6.54 Å². The molecule has 3 nitrogen and oxygen atoms in total. The number of carbonyl (C=O) groups is 1. The standard InChI is InChI=1S/C12H25NO2/c1-3-5-6-7-8-9-10-11-13-12(14)15-4-2/h3-11H2,1-2H3,(H,13,14). The van der Waals surface area contributed by atoms with Crippen LogP contribution in [0, 0.1) is 0 Å². The Labute approximate surface area is 93.6 Å². The summed E-state index contributed by atoms with van der Waals surface area (Å²) in [5, 5.41) is 2.72. The minimum atomic E-state index is -0.288. The Morgan fingerprint density at radius 2 is 1.60 bits per heavy atom. The number of hydrogen-bond acceptors (Lipinski definition) is 2. The average molecular weight is 215 g/mol. The summed E-state index contributed by atoms with van der Waals surface area (Å²) in [7, 11) is 0. The van der Waals surface area contributed by atoms with Gasteiger partial charge >= 0.3 is 6.09 Å². The normalized spacial score (nSPS) is 10.0. The third-order valence-electron chi connectivity index (χ3n) is 2.33. The second-order valence-electron chi connectivity index (χ2n) is 3.77. The molecular weight excluding hydrogens is 190 g/mol. The van der Waals surface area contributed by atoms with E-state index in [1.165, 1.54) is 38.5 Å². The van der Waals surface area contributed by atoms with E-state index in [0.29, 0.717) is 6.61 Å². The number of hydrogen-bond donors (Lipinski definition) is 1. The van der Waals surface area contributed by atoms with Gasteiger partial charge in [-0.3, -0.25) is 0 Å². The van der Waals surface area contributed by atoms with Crippen molar-refractivity contribution in [3.63, 3.8) is 0 Å². The maximum atomic E-state index is 10.9. The first-order valence-electron chi connectivity index (χ1n) is 6.21. The van der Waals surface area contributed by atoms with Crippen LogP contribution in [0.3, 0.4) is 0 Å². The lowest BCUT2D eigenvalue weighted by Gasteiger charge is -2.04. The van der Waals surface area contributed by atoms with Crippen LogP contribution in [0.25, 0.3) is 0 Å². The zero-order valence-corrected chi connectivity index (χ0v) is 10.2. The Balaban J connectivity index is 3.01. The topological polar surface area (TPSA) is 38.3 Å². The molecule has 0 unspecified atom stereocenters. The predicted octanol–water partition coefficient (Wildman–Crippen LogP) is 3.48. The molecule has 0 fully saturated rings. The van der Waals surface area contributed by atoms with Crippen molar-refractivity contribution >= 4 is 6.09 Å². The first-order chi connectivity index (χ1) is 7.31. The number of ether oxygens (including phenoxy) is 1. The van der Waals surface area contributed by atoms with Crippen LogP contribution in [0.4, 0.5) is 4.79 Å². The molecule has 0 aromatic carbocycles. The summed E-state index contributed by atoms with van der Waals surface area (Å²) in [6, 6.07) is 0. The van der Waals surface area contributed by atoms with E-state index in [2.05, 4.69) is 12.2 Å². The number of rotatable bonds is 9. The van der Waals surface area contributed by atoms with E-state index in [1.807, 2.05) is 6.92 Å². The van der Waals surface area contributed by atoms with Crippen molar-refractivity contribution in [2.75, 3.05) is 13.2 Å². The van der Waals surface area contributed by atoms with Gasteiger partial charge in [-0.1, -0.05) is 45.4 Å². The van der Waals surface area contributed by atoms with E-state index >= 15 is 0 Å². The van der Waals surface area contributed by atoms with Gasteiger partial charge in [-0.25, -0.2) is 4.79 Å². The molecular formula is C12H25NO2. The molecule has 0 aliphatic carbocycles. The molecule has 0 aromatic rings. The van der Waals surface area contributed by atoms with E-state index in [1.54, 1.807) is 0 Å². The Morgan fingerprint density at radius 1 is 1.00 bits per heavy atom. The molecule has 0 spiro atoms. The van der Waals surface area contributed by atoms with Gasteiger partial charge in [-0.05, 0) is 13.3 Å². The number of amides is 1. The summed E-state index contributed by atoms with van der Waals surface area (Å²) in [6.07, 6.45) is 8.58. The van der Waals surface area contributed by atoms with Crippen LogP contribution in [0.5, 0.6) is 0 Å². The lowest BCUT2D eigenvalue weighted by atomic mass is 10.1. The van der Waals surface area contributed by atoms with Crippen molar-refractivity contribution in [1.82, 2.24) is 5.32 Å². The van der Waals surface area contributed by atoms with E-state index in [4.69, 9.17) is 4.74 Å². The zero-order valence-electron chi connectivity index (χ0n) is 10.2. The Morgan fingerprint density at radius 3 is 2.20 bits per heavy atom. The summed E-state index contributed by atoms with van der Waals surface area (Å²) in [4.78, 5) is 10.9. The zero-order chi connectivity index (χ0) is 11.4. The number of alkyl carbamates (subject to hydrolysis) is 1. The van der Waals surface area contributed by atoms with Gasteiger partial charge in [0.05, 0.1) is 6.61 Å². The lowest BCUT2D eigenvalue weighted by molar-refractivity contribution is 0.152. The van der Waals surface area contributed by atoms with Gasteiger partial charge < -0.3 is 10.1 Å². The molecule has 3 heteroatoms. The van der Waals surface area contributed by atoms with Crippen LogP contribution in [0.1, 0.15) is 58.8 Å². The quantitative estimate of drug-likeness (QED) is 0.598. The predicted molar refractivity (Wildman–Crippen MR) is 63.0 cm³/mol. The van der Waals surface area contributed by atoms with E-state index in [0.717, 1.165) is 13.0 Å². The molecule has 0 saturated carbocycles. The van der Waals surface area contributed by atoms with Crippen molar-refractivity contribution in [2.45, 2.75) is 58.8 Å². The van der Waals surface area contributed by atoms with E-state index < -0.39 is 0 Å². The van der Waals surface area contributed by atoms with Crippen molar-refractivity contribution in [2.24, 2.45) is 0 Å². The highest BCUT2D eigenvalue weighted by Gasteiger charge is 1.97. The molecule has 0 aromatic heterocycles. The molecule has 0 aliphatic rings. The second kappa shape index (κ2) is 11.3. The van der Waals surface area contributed by atoms with E-state index in [-0.39, 0.29) is 6.09 Å². The maximum absolute atomic E-state index is 10.9. The van der Waals surface area contributed by atoms with Crippen LogP contribution in [-0.4, -0.2) is 19.2 Å². The number of carbonyl (C=O) groups excluding carboxylic acids is 1. The molecule has 1 N–H and O–H groups in total. The first kappa shape index (κ1) is 14.3. The van der Waals surface area contributed by atoms with Crippen molar-refractivity contribution in [3.8, 4) is 0 Å². The largest absolute Gasteiger partial charge is 0.450 e. The fraction of sp³-hybridized carbons (Fsp3) is 0.917. The van der Waals surface area contributed by atoms with Crippen molar-refractivity contribution in [3.05, 3.63) is 0 Å². The molecule has 0 radical (unpaired) electrons. The highest BCUT2D eigenvalue weighted by molar-refractivity contribution is 5.66. The Hall–Kier alpha value is -0.730. The molecule has 0 heterocycles. The molecule has 0 aliphatic heterocycles. The third kappa shape index (κ3) is 11.2. The van der Waals surface area contributed by atoms with Crippen LogP contribution < -0.4 is 5.32 Å². The Kier molecular flexibility index (Phi) is 10.8.